The van der Waals surface area contributed by atoms with Gasteiger partial charge in [-0.2, -0.15) is 4.98 Å². The molecular weight excluding hydrogens is 368 g/mol. The van der Waals surface area contributed by atoms with Crippen LogP contribution in [0.3, 0.4) is 0 Å². The zero-order valence-corrected chi connectivity index (χ0v) is 15.0. The molecule has 3 rings (SSSR count). The highest BCUT2D eigenvalue weighted by Gasteiger charge is 2.11. The second-order valence-corrected chi connectivity index (χ2v) is 5.82. The van der Waals surface area contributed by atoms with E-state index >= 15 is 0 Å². The van der Waals surface area contributed by atoms with Crippen molar-refractivity contribution >= 4 is 11.9 Å². The average molecular weight is 386 g/mol. The molecule has 146 valence electrons. The smallest absolute Gasteiger partial charge is 0.325 e. The summed E-state index contributed by atoms with van der Waals surface area (Å²) < 4.78 is 11.5. The van der Waals surface area contributed by atoms with Gasteiger partial charge in [-0.25, -0.2) is 4.68 Å². The Morgan fingerprint density at radius 2 is 2.07 bits per heavy atom. The van der Waals surface area contributed by atoms with Crippen LogP contribution in [0.15, 0.2) is 35.0 Å². The van der Waals surface area contributed by atoms with E-state index in [1.165, 1.54) is 10.9 Å². The summed E-state index contributed by atoms with van der Waals surface area (Å²) in [6.45, 7) is -0.131. The molecule has 0 aliphatic rings. The van der Waals surface area contributed by atoms with E-state index in [-0.39, 0.29) is 25.4 Å². The first-order valence-electron chi connectivity index (χ1n) is 8.38. The van der Waals surface area contributed by atoms with Crippen LogP contribution in [0.5, 0.6) is 5.75 Å². The molecule has 11 nitrogen and oxygen atoms in total. The predicted molar refractivity (Wildman–Crippen MR) is 94.1 cm³/mol. The van der Waals surface area contributed by atoms with Crippen molar-refractivity contribution in [3.05, 3.63) is 42.0 Å². The fraction of sp³-hybridized carbons (Fsp3) is 0.294. The highest BCUT2D eigenvalue weighted by Crippen LogP contribution is 2.19. The first kappa shape index (κ1) is 19.0. The molecule has 0 unspecified atom stereocenters. The molecular formula is C17H18N6O5. The van der Waals surface area contributed by atoms with Crippen LogP contribution in [-0.4, -0.2) is 49.2 Å². The molecule has 2 heterocycles. The van der Waals surface area contributed by atoms with Crippen molar-refractivity contribution in [3.63, 3.8) is 0 Å². The number of hydrogen-bond donors (Lipinski definition) is 2. The molecule has 0 bridgehead atoms. The van der Waals surface area contributed by atoms with Gasteiger partial charge >= 0.3 is 5.97 Å². The van der Waals surface area contributed by atoms with E-state index in [1.807, 2.05) is 12.1 Å². The second kappa shape index (κ2) is 8.75. The van der Waals surface area contributed by atoms with Crippen LogP contribution in [0.4, 0.5) is 0 Å². The number of carboxylic acid groups (broad SMARTS) is 1. The molecule has 0 atom stereocenters. The molecule has 28 heavy (non-hydrogen) atoms. The zero-order chi connectivity index (χ0) is 19.9. The van der Waals surface area contributed by atoms with E-state index in [4.69, 9.17) is 14.4 Å². The highest BCUT2D eigenvalue weighted by atomic mass is 16.5. The number of nitrogens with one attached hydrogen (secondary N) is 1. The summed E-state index contributed by atoms with van der Waals surface area (Å²) in [5.41, 5.74) is 1.25. The summed E-state index contributed by atoms with van der Waals surface area (Å²) in [6.07, 6.45) is 1.92. The van der Waals surface area contributed by atoms with Gasteiger partial charge < -0.3 is 19.7 Å². The maximum absolute atomic E-state index is 12.0. The molecule has 0 aliphatic carbocycles. The summed E-state index contributed by atoms with van der Waals surface area (Å²) in [7, 11) is 1.59. The van der Waals surface area contributed by atoms with Gasteiger partial charge in [-0.1, -0.05) is 10.4 Å². The Morgan fingerprint density at radius 3 is 2.79 bits per heavy atom. The highest BCUT2D eigenvalue weighted by molar-refractivity contribution is 5.76. The Bertz CT molecular complexity index is 949. The van der Waals surface area contributed by atoms with Gasteiger partial charge in [0, 0.05) is 18.4 Å². The van der Waals surface area contributed by atoms with Crippen molar-refractivity contribution in [2.24, 2.45) is 0 Å². The molecule has 0 saturated carbocycles. The molecule has 0 fully saturated rings. The SMILES string of the molecule is COc1ccc(-c2noc(CCC(=O)NCc3cn(CC(=O)O)nn3)n2)cc1. The number of amides is 1. The number of benzene rings is 1. The third kappa shape index (κ3) is 5.13. The van der Waals surface area contributed by atoms with Crippen LogP contribution in [-0.2, 0) is 29.1 Å². The summed E-state index contributed by atoms with van der Waals surface area (Å²) in [4.78, 5) is 26.8. The first-order valence-corrected chi connectivity index (χ1v) is 8.38. The van der Waals surface area contributed by atoms with Gasteiger partial charge in [-0.05, 0) is 24.3 Å². The van der Waals surface area contributed by atoms with E-state index in [9.17, 15) is 9.59 Å². The zero-order valence-electron chi connectivity index (χ0n) is 15.0. The number of carbonyl (C=O) groups is 2. The summed E-state index contributed by atoms with van der Waals surface area (Å²) in [6, 6.07) is 7.23. The van der Waals surface area contributed by atoms with E-state index in [1.54, 1.807) is 19.2 Å². The number of aromatic nitrogens is 5. The Hall–Kier alpha value is -3.76. The first-order chi connectivity index (χ1) is 13.5. The molecule has 0 spiro atoms. The number of aryl methyl sites for hydroxylation is 1. The minimum atomic E-state index is -1.02. The maximum Gasteiger partial charge on any atom is 0.325 e. The Labute approximate surface area is 159 Å². The van der Waals surface area contributed by atoms with Crippen LogP contribution < -0.4 is 10.1 Å². The third-order valence-corrected chi connectivity index (χ3v) is 3.73. The monoisotopic (exact) mass is 386 g/mol. The number of methoxy groups -OCH3 is 1. The van der Waals surface area contributed by atoms with Crippen LogP contribution in [0.1, 0.15) is 18.0 Å². The van der Waals surface area contributed by atoms with E-state index in [2.05, 4.69) is 25.8 Å². The van der Waals surface area contributed by atoms with Crippen molar-refractivity contribution in [1.82, 2.24) is 30.5 Å². The van der Waals surface area contributed by atoms with Crippen molar-refractivity contribution in [2.75, 3.05) is 7.11 Å². The normalized spacial score (nSPS) is 10.6. The molecule has 3 aromatic rings. The van der Waals surface area contributed by atoms with Crippen molar-refractivity contribution < 1.29 is 24.0 Å². The molecule has 1 amide bonds. The topological polar surface area (TPSA) is 145 Å². The van der Waals surface area contributed by atoms with Crippen molar-refractivity contribution in [2.45, 2.75) is 25.9 Å². The van der Waals surface area contributed by atoms with Crippen LogP contribution >= 0.6 is 0 Å². The van der Waals surface area contributed by atoms with Gasteiger partial charge in [0.05, 0.1) is 19.9 Å². The Balaban J connectivity index is 1.46. The number of rotatable bonds is 9. The van der Waals surface area contributed by atoms with Crippen LogP contribution in [0.2, 0.25) is 0 Å². The quantitative estimate of drug-likeness (QED) is 0.542. The van der Waals surface area contributed by atoms with Crippen LogP contribution in [0, 0.1) is 0 Å². The van der Waals surface area contributed by atoms with Gasteiger partial charge in [-0.15, -0.1) is 5.10 Å². The van der Waals surface area contributed by atoms with Gasteiger partial charge in [0.2, 0.25) is 17.6 Å². The molecule has 1 aromatic carbocycles. The fourth-order valence-corrected chi connectivity index (χ4v) is 2.35. The minimum absolute atomic E-state index is 0.152. The van der Waals surface area contributed by atoms with Gasteiger partial charge in [-0.3, -0.25) is 9.59 Å². The number of carbonyl (C=O) groups excluding carboxylic acids is 1. The number of carboxylic acids is 1. The van der Waals surface area contributed by atoms with E-state index in [0.29, 0.717) is 23.8 Å². The molecule has 0 radical (unpaired) electrons. The molecule has 2 aromatic heterocycles. The predicted octanol–water partition coefficient (Wildman–Crippen LogP) is 0.670. The summed E-state index contributed by atoms with van der Waals surface area (Å²) in [5.74, 6) is 0.277. The number of ether oxygens (including phenoxy) is 1. The van der Waals surface area contributed by atoms with E-state index in [0.717, 1.165) is 11.3 Å². The minimum Gasteiger partial charge on any atom is -0.497 e. The summed E-state index contributed by atoms with van der Waals surface area (Å²) >= 11 is 0. The van der Waals surface area contributed by atoms with E-state index < -0.39 is 5.97 Å². The molecule has 2 N–H and O–H groups in total. The lowest BCUT2D eigenvalue weighted by molar-refractivity contribution is -0.138. The number of hydrogen-bond acceptors (Lipinski definition) is 8. The fourth-order valence-electron chi connectivity index (χ4n) is 2.35. The third-order valence-electron chi connectivity index (χ3n) is 3.73. The lowest BCUT2D eigenvalue weighted by Gasteiger charge is -2.00. The standard InChI is InChI=1S/C17H18N6O5/c1-27-13-4-2-11(3-5-13)17-19-15(28-21-17)7-6-14(24)18-8-12-9-23(22-20-12)10-16(25)26/h2-5,9H,6-8,10H2,1H3,(H,18,24)(H,25,26). The second-order valence-electron chi connectivity index (χ2n) is 5.82. The van der Waals surface area contributed by atoms with Gasteiger partial charge in [0.25, 0.3) is 0 Å². The number of nitrogens with zero attached hydrogens (tertiary/aromatic N) is 5. The summed E-state index contributed by atoms with van der Waals surface area (Å²) in [5, 5.41) is 22.7. The molecule has 0 aliphatic heterocycles. The number of aliphatic carboxylic acids is 1. The maximum atomic E-state index is 12.0. The average Bonchev–Trinajstić information content (AvgIpc) is 3.34. The Morgan fingerprint density at radius 1 is 1.29 bits per heavy atom. The lowest BCUT2D eigenvalue weighted by Crippen LogP contribution is -2.23. The van der Waals surface area contributed by atoms with Gasteiger partial charge in [0.1, 0.15) is 18.0 Å². The van der Waals surface area contributed by atoms with Crippen molar-refractivity contribution in [1.29, 1.82) is 0 Å². The lowest BCUT2D eigenvalue weighted by atomic mass is 10.2. The van der Waals surface area contributed by atoms with Crippen molar-refractivity contribution in [3.8, 4) is 17.1 Å². The Kier molecular flexibility index (Phi) is 5.94. The largest absolute Gasteiger partial charge is 0.497 e. The van der Waals surface area contributed by atoms with Crippen LogP contribution in [0.25, 0.3) is 11.4 Å². The molecule has 11 heteroatoms. The van der Waals surface area contributed by atoms with Gasteiger partial charge in [0.15, 0.2) is 0 Å². The molecule has 0 saturated heterocycles.